The van der Waals surface area contributed by atoms with Crippen molar-refractivity contribution in [2.24, 2.45) is 0 Å². The fraction of sp³-hybridized carbons (Fsp3) is 0.133. The number of benzene rings is 2. The Kier molecular flexibility index (Phi) is 3.90. The molecule has 0 aliphatic heterocycles. The summed E-state index contributed by atoms with van der Waals surface area (Å²) in [6.45, 7) is 0. The van der Waals surface area contributed by atoms with Crippen LogP contribution < -0.4 is 0 Å². The fourth-order valence-electron chi connectivity index (χ4n) is 1.82. The Morgan fingerprint density at radius 3 is 2.37 bits per heavy atom. The maximum Gasteiger partial charge on any atom is 0.309 e. The van der Waals surface area contributed by atoms with E-state index in [1.807, 2.05) is 0 Å². The lowest BCUT2D eigenvalue weighted by Crippen LogP contribution is -2.04. The van der Waals surface area contributed by atoms with Crippen LogP contribution in [0.15, 0.2) is 42.5 Å². The zero-order valence-electron chi connectivity index (χ0n) is 10.3. The summed E-state index contributed by atoms with van der Waals surface area (Å²) in [6.07, 6.45) is 0.127. The van der Waals surface area contributed by atoms with E-state index in [9.17, 15) is 13.6 Å². The zero-order chi connectivity index (χ0) is 13.8. The molecule has 0 unspecified atom stereocenters. The first kappa shape index (κ1) is 13.2. The fourth-order valence-corrected chi connectivity index (χ4v) is 1.82. The van der Waals surface area contributed by atoms with Gasteiger partial charge in [-0.05, 0) is 28.8 Å². The van der Waals surface area contributed by atoms with E-state index in [0.717, 1.165) is 11.6 Å². The van der Waals surface area contributed by atoms with Gasteiger partial charge in [-0.25, -0.2) is 8.78 Å². The molecule has 2 aromatic rings. The van der Waals surface area contributed by atoms with Gasteiger partial charge < -0.3 is 4.74 Å². The minimum absolute atomic E-state index is 0.127. The molecule has 0 saturated carbocycles. The highest BCUT2D eigenvalue weighted by Crippen LogP contribution is 2.23. The van der Waals surface area contributed by atoms with E-state index in [1.165, 1.54) is 19.2 Å². The Morgan fingerprint density at radius 1 is 1.05 bits per heavy atom. The first-order chi connectivity index (χ1) is 9.08. The van der Waals surface area contributed by atoms with Crippen molar-refractivity contribution in [3.05, 3.63) is 59.7 Å². The van der Waals surface area contributed by atoms with Crippen molar-refractivity contribution in [3.63, 3.8) is 0 Å². The topological polar surface area (TPSA) is 26.3 Å². The van der Waals surface area contributed by atoms with Gasteiger partial charge in [0.25, 0.3) is 0 Å². The van der Waals surface area contributed by atoms with Crippen LogP contribution in [0.3, 0.4) is 0 Å². The molecule has 2 nitrogen and oxygen atoms in total. The van der Waals surface area contributed by atoms with Crippen molar-refractivity contribution in [1.29, 1.82) is 0 Å². The van der Waals surface area contributed by atoms with E-state index < -0.39 is 11.6 Å². The van der Waals surface area contributed by atoms with Crippen molar-refractivity contribution in [2.45, 2.75) is 6.42 Å². The molecule has 2 aromatic carbocycles. The molecular formula is C15H12F2O2. The average Bonchev–Trinajstić information content (AvgIpc) is 2.38. The van der Waals surface area contributed by atoms with Gasteiger partial charge in [-0.3, -0.25) is 4.79 Å². The van der Waals surface area contributed by atoms with Gasteiger partial charge in [-0.2, -0.15) is 0 Å². The van der Waals surface area contributed by atoms with Crippen molar-refractivity contribution < 1.29 is 18.3 Å². The number of hydrogen-bond donors (Lipinski definition) is 0. The molecule has 0 fully saturated rings. The standard InChI is InChI=1S/C15H12F2O2/c1-19-15(18)6-10-3-2-4-11(5-10)12-7-13(16)9-14(17)8-12/h2-5,7-9H,6H2,1H3. The lowest BCUT2D eigenvalue weighted by atomic mass is 10.0. The third kappa shape index (κ3) is 3.37. The van der Waals surface area contributed by atoms with Crippen LogP contribution >= 0.6 is 0 Å². The first-order valence-corrected chi connectivity index (χ1v) is 5.70. The normalized spacial score (nSPS) is 10.3. The van der Waals surface area contributed by atoms with E-state index in [0.29, 0.717) is 11.1 Å². The molecule has 2 rings (SSSR count). The number of hydrogen-bond acceptors (Lipinski definition) is 2. The van der Waals surface area contributed by atoms with Gasteiger partial charge in [0.1, 0.15) is 11.6 Å². The van der Waals surface area contributed by atoms with Crippen molar-refractivity contribution >= 4 is 5.97 Å². The monoisotopic (exact) mass is 262 g/mol. The number of halogens is 2. The Balaban J connectivity index is 2.34. The zero-order valence-corrected chi connectivity index (χ0v) is 10.3. The summed E-state index contributed by atoms with van der Waals surface area (Å²) in [5, 5.41) is 0. The smallest absolute Gasteiger partial charge is 0.309 e. The summed E-state index contributed by atoms with van der Waals surface area (Å²) in [5.41, 5.74) is 1.82. The molecule has 0 amide bonds. The van der Waals surface area contributed by atoms with Crippen LogP contribution in [0.1, 0.15) is 5.56 Å². The lowest BCUT2D eigenvalue weighted by Gasteiger charge is -2.05. The van der Waals surface area contributed by atoms with Crippen LogP contribution in [0, 0.1) is 11.6 Å². The van der Waals surface area contributed by atoms with E-state index in [4.69, 9.17) is 0 Å². The molecule has 0 radical (unpaired) electrons. The highest BCUT2D eigenvalue weighted by Gasteiger charge is 2.06. The molecule has 0 spiro atoms. The number of ether oxygens (including phenoxy) is 1. The quantitative estimate of drug-likeness (QED) is 0.793. The van der Waals surface area contributed by atoms with Gasteiger partial charge >= 0.3 is 5.97 Å². The molecule has 0 N–H and O–H groups in total. The summed E-state index contributed by atoms with van der Waals surface area (Å²) in [7, 11) is 1.31. The van der Waals surface area contributed by atoms with Gasteiger partial charge in [0.15, 0.2) is 0 Å². The van der Waals surface area contributed by atoms with Crippen molar-refractivity contribution in [3.8, 4) is 11.1 Å². The lowest BCUT2D eigenvalue weighted by molar-refractivity contribution is -0.139. The maximum absolute atomic E-state index is 13.2. The summed E-state index contributed by atoms with van der Waals surface area (Å²) in [6, 6.07) is 10.3. The molecular weight excluding hydrogens is 250 g/mol. The molecule has 0 aliphatic carbocycles. The predicted octanol–water partition coefficient (Wildman–Crippen LogP) is 3.35. The number of methoxy groups -OCH3 is 1. The molecule has 98 valence electrons. The minimum atomic E-state index is -0.631. The number of carbonyl (C=O) groups excluding carboxylic acids is 1. The van der Waals surface area contributed by atoms with Crippen molar-refractivity contribution in [1.82, 2.24) is 0 Å². The van der Waals surface area contributed by atoms with E-state index in [2.05, 4.69) is 4.74 Å². The van der Waals surface area contributed by atoms with Gasteiger partial charge in [0, 0.05) is 6.07 Å². The second-order valence-electron chi connectivity index (χ2n) is 4.11. The molecule has 0 aromatic heterocycles. The SMILES string of the molecule is COC(=O)Cc1cccc(-c2cc(F)cc(F)c2)c1. The molecule has 0 saturated heterocycles. The van der Waals surface area contributed by atoms with Gasteiger partial charge in [-0.15, -0.1) is 0 Å². The third-order valence-electron chi connectivity index (χ3n) is 2.70. The Morgan fingerprint density at radius 2 is 1.74 bits per heavy atom. The summed E-state index contributed by atoms with van der Waals surface area (Å²) in [4.78, 5) is 11.2. The van der Waals surface area contributed by atoms with Crippen LogP contribution in [-0.2, 0) is 16.0 Å². The number of rotatable bonds is 3. The molecule has 19 heavy (non-hydrogen) atoms. The van der Waals surface area contributed by atoms with Gasteiger partial charge in [-0.1, -0.05) is 24.3 Å². The second-order valence-corrected chi connectivity index (χ2v) is 4.11. The largest absolute Gasteiger partial charge is 0.469 e. The van der Waals surface area contributed by atoms with Gasteiger partial charge in [0.05, 0.1) is 13.5 Å². The first-order valence-electron chi connectivity index (χ1n) is 5.70. The number of esters is 1. The van der Waals surface area contributed by atoms with Crippen molar-refractivity contribution in [2.75, 3.05) is 7.11 Å². The van der Waals surface area contributed by atoms with E-state index >= 15 is 0 Å². The summed E-state index contributed by atoms with van der Waals surface area (Å²) < 4.78 is 30.9. The minimum Gasteiger partial charge on any atom is -0.469 e. The second kappa shape index (κ2) is 5.61. The summed E-state index contributed by atoms with van der Waals surface area (Å²) >= 11 is 0. The Labute approximate surface area is 109 Å². The predicted molar refractivity (Wildman–Crippen MR) is 67.5 cm³/mol. The molecule has 0 heterocycles. The van der Waals surface area contributed by atoms with Gasteiger partial charge in [0.2, 0.25) is 0 Å². The van der Waals surface area contributed by atoms with E-state index in [1.54, 1.807) is 24.3 Å². The molecule has 0 atom stereocenters. The van der Waals surface area contributed by atoms with Crippen LogP contribution in [0.25, 0.3) is 11.1 Å². The third-order valence-corrected chi connectivity index (χ3v) is 2.70. The summed E-state index contributed by atoms with van der Waals surface area (Å²) in [5.74, 6) is -1.62. The highest BCUT2D eigenvalue weighted by atomic mass is 19.1. The Bertz CT molecular complexity index is 589. The van der Waals surface area contributed by atoms with E-state index in [-0.39, 0.29) is 12.4 Å². The maximum atomic E-state index is 13.2. The Hall–Kier alpha value is -2.23. The molecule has 4 heteroatoms. The van der Waals surface area contributed by atoms with Crippen LogP contribution in [0.4, 0.5) is 8.78 Å². The average molecular weight is 262 g/mol. The van der Waals surface area contributed by atoms with Crippen LogP contribution in [0.2, 0.25) is 0 Å². The molecule has 0 bridgehead atoms. The van der Waals surface area contributed by atoms with Crippen LogP contribution in [-0.4, -0.2) is 13.1 Å². The number of carbonyl (C=O) groups is 1. The molecule has 0 aliphatic rings. The highest BCUT2D eigenvalue weighted by molar-refractivity contribution is 5.73. The van der Waals surface area contributed by atoms with Crippen LogP contribution in [0.5, 0.6) is 0 Å².